The van der Waals surface area contributed by atoms with E-state index in [4.69, 9.17) is 9.72 Å². The summed E-state index contributed by atoms with van der Waals surface area (Å²) in [6, 6.07) is 6.04. The molecule has 0 spiro atoms. The summed E-state index contributed by atoms with van der Waals surface area (Å²) in [5, 5.41) is 1.10. The van der Waals surface area contributed by atoms with E-state index in [1.54, 1.807) is 7.11 Å². The van der Waals surface area contributed by atoms with Gasteiger partial charge in [0, 0.05) is 18.9 Å². The first-order chi connectivity index (χ1) is 9.76. The van der Waals surface area contributed by atoms with Crippen LogP contribution in [0.4, 0.5) is 0 Å². The van der Waals surface area contributed by atoms with Crippen LogP contribution in [0.1, 0.15) is 39.0 Å². The number of hydrogen-bond donors (Lipinski definition) is 0. The average Bonchev–Trinajstić information content (AvgIpc) is 2.79. The number of ether oxygens (including phenoxy) is 1. The first kappa shape index (κ1) is 18.4. The molecule has 0 fully saturated rings. The summed E-state index contributed by atoms with van der Waals surface area (Å²) in [4.78, 5) is 4.69. The molecule has 0 radical (unpaired) electrons. The Morgan fingerprint density at radius 3 is 2.67 bits per heavy atom. The molecule has 0 saturated heterocycles. The van der Waals surface area contributed by atoms with Crippen LogP contribution in [-0.2, 0) is 7.05 Å². The summed E-state index contributed by atoms with van der Waals surface area (Å²) in [6.45, 7) is 2.25. The third-order valence-corrected chi connectivity index (χ3v) is 4.64. The highest BCUT2D eigenvalue weighted by Gasteiger charge is 2.08. The van der Waals surface area contributed by atoms with Gasteiger partial charge in [-0.1, -0.05) is 44.4 Å². The highest BCUT2D eigenvalue weighted by atomic mass is 79.9. The zero-order valence-corrected chi connectivity index (χ0v) is 15.6. The maximum atomic E-state index is 5.27. The molecule has 2 rings (SSSR count). The number of methoxy groups -OCH3 is 1. The molecule has 3 nitrogen and oxygen atoms in total. The van der Waals surface area contributed by atoms with Crippen molar-refractivity contribution >= 4 is 39.8 Å². The standard InChI is InChI=1S/C16H24N2OS.BrH/c1-4-5-6-7-8-11-20-16-17-14-10-9-13(19-3)12-15(14)18(16)2;/h9-10,12H,4-8,11H2,1-3H3;1H. The minimum absolute atomic E-state index is 0. The van der Waals surface area contributed by atoms with Gasteiger partial charge in [-0.3, -0.25) is 0 Å². The quantitative estimate of drug-likeness (QED) is 0.469. The molecule has 0 atom stereocenters. The molecule has 2 aromatic rings. The maximum absolute atomic E-state index is 5.27. The molecule has 0 saturated carbocycles. The molecule has 0 aliphatic carbocycles. The van der Waals surface area contributed by atoms with Crippen molar-refractivity contribution in [2.75, 3.05) is 12.9 Å². The molecule has 0 N–H and O–H groups in total. The number of imidazole rings is 1. The summed E-state index contributed by atoms with van der Waals surface area (Å²) < 4.78 is 7.44. The molecule has 0 amide bonds. The van der Waals surface area contributed by atoms with Crippen LogP contribution in [0, 0.1) is 0 Å². The second kappa shape index (κ2) is 9.36. The van der Waals surface area contributed by atoms with E-state index in [0.717, 1.165) is 27.7 Å². The van der Waals surface area contributed by atoms with Gasteiger partial charge in [0.2, 0.25) is 0 Å². The average molecular weight is 373 g/mol. The largest absolute Gasteiger partial charge is 0.497 e. The van der Waals surface area contributed by atoms with E-state index in [1.165, 1.54) is 32.1 Å². The van der Waals surface area contributed by atoms with Gasteiger partial charge in [-0.25, -0.2) is 4.98 Å². The van der Waals surface area contributed by atoms with Crippen LogP contribution in [0.5, 0.6) is 5.75 Å². The van der Waals surface area contributed by atoms with Crippen LogP contribution in [0.2, 0.25) is 0 Å². The zero-order valence-electron chi connectivity index (χ0n) is 13.1. The molecular weight excluding hydrogens is 348 g/mol. The predicted octanol–water partition coefficient (Wildman–Crippen LogP) is 5.22. The smallest absolute Gasteiger partial charge is 0.168 e. The Kier molecular flexibility index (Phi) is 8.19. The fourth-order valence-electron chi connectivity index (χ4n) is 2.27. The number of unbranched alkanes of at least 4 members (excludes halogenated alkanes) is 4. The van der Waals surface area contributed by atoms with Crippen LogP contribution in [0.3, 0.4) is 0 Å². The van der Waals surface area contributed by atoms with Gasteiger partial charge < -0.3 is 9.30 Å². The van der Waals surface area contributed by atoms with Crippen molar-refractivity contribution in [3.05, 3.63) is 18.2 Å². The monoisotopic (exact) mass is 372 g/mol. The molecule has 1 aromatic carbocycles. The number of aromatic nitrogens is 2. The number of hydrogen-bond acceptors (Lipinski definition) is 3. The fourth-order valence-corrected chi connectivity index (χ4v) is 3.26. The Hall–Kier alpha value is -0.680. The normalized spacial score (nSPS) is 10.6. The van der Waals surface area contributed by atoms with Crippen LogP contribution in [0.25, 0.3) is 11.0 Å². The molecule has 0 unspecified atom stereocenters. The molecule has 21 heavy (non-hydrogen) atoms. The molecule has 118 valence electrons. The Bertz CT molecular complexity index is 556. The summed E-state index contributed by atoms with van der Waals surface area (Å²) >= 11 is 1.86. The second-order valence-electron chi connectivity index (χ2n) is 5.07. The lowest BCUT2D eigenvalue weighted by Gasteiger charge is -2.03. The number of halogens is 1. The van der Waals surface area contributed by atoms with Gasteiger partial charge in [0.15, 0.2) is 5.16 Å². The van der Waals surface area contributed by atoms with Gasteiger partial charge in [0.1, 0.15) is 5.75 Å². The maximum Gasteiger partial charge on any atom is 0.168 e. The van der Waals surface area contributed by atoms with Crippen molar-refractivity contribution in [3.8, 4) is 5.75 Å². The lowest BCUT2D eigenvalue weighted by atomic mass is 10.2. The third-order valence-electron chi connectivity index (χ3n) is 3.53. The summed E-state index contributed by atoms with van der Waals surface area (Å²) in [5.74, 6) is 2.04. The lowest BCUT2D eigenvalue weighted by Crippen LogP contribution is -1.92. The minimum atomic E-state index is 0. The topological polar surface area (TPSA) is 27.1 Å². The van der Waals surface area contributed by atoms with Crippen molar-refractivity contribution in [3.63, 3.8) is 0 Å². The Balaban J connectivity index is 0.00000220. The lowest BCUT2D eigenvalue weighted by molar-refractivity contribution is 0.415. The summed E-state index contributed by atoms with van der Waals surface area (Å²) in [7, 11) is 3.78. The number of aryl methyl sites for hydroxylation is 1. The predicted molar refractivity (Wildman–Crippen MR) is 97.1 cm³/mol. The van der Waals surface area contributed by atoms with Crippen LogP contribution >= 0.6 is 28.7 Å². The Morgan fingerprint density at radius 1 is 1.19 bits per heavy atom. The van der Waals surface area contributed by atoms with Gasteiger partial charge in [0.05, 0.1) is 18.1 Å². The number of nitrogens with zero attached hydrogens (tertiary/aromatic N) is 2. The number of benzene rings is 1. The molecule has 1 aromatic heterocycles. The van der Waals surface area contributed by atoms with Gasteiger partial charge in [-0.05, 0) is 18.6 Å². The van der Waals surface area contributed by atoms with E-state index in [-0.39, 0.29) is 17.0 Å². The van der Waals surface area contributed by atoms with E-state index in [1.807, 2.05) is 30.0 Å². The molecular formula is C16H25BrN2OS. The molecule has 0 aliphatic heterocycles. The third kappa shape index (κ3) is 4.92. The fraction of sp³-hybridized carbons (Fsp3) is 0.562. The second-order valence-corrected chi connectivity index (χ2v) is 6.13. The molecule has 0 aliphatic rings. The van der Waals surface area contributed by atoms with Crippen molar-refractivity contribution in [1.29, 1.82) is 0 Å². The van der Waals surface area contributed by atoms with Crippen LogP contribution < -0.4 is 4.74 Å². The van der Waals surface area contributed by atoms with Gasteiger partial charge in [-0.2, -0.15) is 0 Å². The number of thioether (sulfide) groups is 1. The summed E-state index contributed by atoms with van der Waals surface area (Å²) in [6.07, 6.45) is 6.63. The van der Waals surface area contributed by atoms with Crippen molar-refractivity contribution in [2.24, 2.45) is 7.05 Å². The van der Waals surface area contributed by atoms with E-state index < -0.39 is 0 Å². The Morgan fingerprint density at radius 2 is 1.95 bits per heavy atom. The van der Waals surface area contributed by atoms with Gasteiger partial charge in [0.25, 0.3) is 0 Å². The minimum Gasteiger partial charge on any atom is -0.497 e. The van der Waals surface area contributed by atoms with Crippen molar-refractivity contribution < 1.29 is 4.74 Å². The van der Waals surface area contributed by atoms with Crippen LogP contribution in [0.15, 0.2) is 23.4 Å². The first-order valence-corrected chi connectivity index (χ1v) is 8.38. The molecule has 0 bridgehead atoms. The van der Waals surface area contributed by atoms with Gasteiger partial charge in [-0.15, -0.1) is 17.0 Å². The molecule has 1 heterocycles. The SMILES string of the molecule is Br.CCCCCCCSc1nc2ccc(OC)cc2n1C. The van der Waals surface area contributed by atoms with Crippen molar-refractivity contribution in [1.82, 2.24) is 9.55 Å². The summed E-state index contributed by atoms with van der Waals surface area (Å²) in [5.41, 5.74) is 2.18. The van der Waals surface area contributed by atoms with E-state index in [0.29, 0.717) is 0 Å². The van der Waals surface area contributed by atoms with Gasteiger partial charge >= 0.3 is 0 Å². The zero-order chi connectivity index (χ0) is 14.4. The highest BCUT2D eigenvalue weighted by Crippen LogP contribution is 2.26. The van der Waals surface area contributed by atoms with E-state index in [2.05, 4.69) is 18.5 Å². The highest BCUT2D eigenvalue weighted by molar-refractivity contribution is 8.93. The van der Waals surface area contributed by atoms with E-state index >= 15 is 0 Å². The number of fused-ring (bicyclic) bond motifs is 1. The van der Waals surface area contributed by atoms with E-state index in [9.17, 15) is 0 Å². The Labute approximate surface area is 142 Å². The van der Waals surface area contributed by atoms with Crippen molar-refractivity contribution in [2.45, 2.75) is 44.2 Å². The number of rotatable bonds is 8. The molecule has 5 heteroatoms. The van der Waals surface area contributed by atoms with Crippen LogP contribution in [-0.4, -0.2) is 22.4 Å². The first-order valence-electron chi connectivity index (χ1n) is 7.39.